The molecule has 2 aromatic carbocycles. The molecule has 0 radical (unpaired) electrons. The van der Waals surface area contributed by atoms with Crippen LogP contribution in [0.25, 0.3) is 22.5 Å². The molecule has 1 amide bonds. The van der Waals surface area contributed by atoms with E-state index in [2.05, 4.69) is 10.4 Å². The van der Waals surface area contributed by atoms with Gasteiger partial charge in [-0.2, -0.15) is 9.78 Å². The summed E-state index contributed by atoms with van der Waals surface area (Å²) in [5, 5.41) is 19.4. The van der Waals surface area contributed by atoms with E-state index < -0.39 is 28.2 Å². The van der Waals surface area contributed by atoms with Crippen molar-refractivity contribution < 1.29 is 23.6 Å². The highest BCUT2D eigenvalue weighted by Crippen LogP contribution is 2.30. The number of halogens is 1. The quantitative estimate of drug-likeness (QED) is 0.170. The zero-order valence-corrected chi connectivity index (χ0v) is 19.5. The molecule has 2 heterocycles. The van der Waals surface area contributed by atoms with E-state index in [0.29, 0.717) is 5.56 Å². The topological polar surface area (TPSA) is 133 Å². The highest BCUT2D eigenvalue weighted by molar-refractivity contribution is 7.16. The molecule has 0 atom stereocenters. The van der Waals surface area contributed by atoms with Gasteiger partial charge in [0.05, 0.1) is 22.6 Å². The number of rotatable bonds is 7. The number of carbonyl (C=O) groups excluding carboxylic acids is 2. The van der Waals surface area contributed by atoms with Gasteiger partial charge in [0.15, 0.2) is 5.69 Å². The van der Waals surface area contributed by atoms with Gasteiger partial charge in [-0.15, -0.1) is 11.3 Å². The van der Waals surface area contributed by atoms with Crippen LogP contribution in [0.15, 0.2) is 64.8 Å². The highest BCUT2D eigenvalue weighted by Gasteiger charge is 2.23. The summed E-state index contributed by atoms with van der Waals surface area (Å²) in [4.78, 5) is 48.7. The van der Waals surface area contributed by atoms with E-state index in [1.165, 1.54) is 60.0 Å². The first kappa shape index (κ1) is 24.4. The summed E-state index contributed by atoms with van der Waals surface area (Å²) < 4.78 is 19.8. The molecule has 182 valence electrons. The zero-order valence-electron chi connectivity index (χ0n) is 18.6. The second-order valence-corrected chi connectivity index (χ2v) is 8.17. The number of carbonyl (C=O) groups is 2. The lowest BCUT2D eigenvalue weighted by molar-refractivity contribution is -0.384. The van der Waals surface area contributed by atoms with Crippen molar-refractivity contribution in [1.29, 1.82) is 0 Å². The van der Waals surface area contributed by atoms with Crippen LogP contribution in [-0.2, 0) is 9.53 Å². The predicted octanol–water partition coefficient (Wildman–Crippen LogP) is 4.32. The summed E-state index contributed by atoms with van der Waals surface area (Å²) in [7, 11) is 0. The number of benzene rings is 2. The first-order chi connectivity index (χ1) is 17.3. The van der Waals surface area contributed by atoms with Crippen LogP contribution in [0.4, 0.5) is 15.1 Å². The lowest BCUT2D eigenvalue weighted by Crippen LogP contribution is -2.25. The Morgan fingerprint density at radius 2 is 2.00 bits per heavy atom. The SMILES string of the molecule is CCOC(=O)c1nn(-c2cccc(F)c2)c(=O)c2c(NC(=O)C=Cc3ccc([N+](=O)[O-])cc3)scc12. The average molecular weight is 508 g/mol. The highest BCUT2D eigenvalue weighted by atomic mass is 32.1. The molecule has 4 aromatic rings. The smallest absolute Gasteiger partial charge is 0.359 e. The summed E-state index contributed by atoms with van der Waals surface area (Å²) in [5.74, 6) is -1.96. The fourth-order valence-corrected chi connectivity index (χ4v) is 4.25. The number of hydrogen-bond donors (Lipinski definition) is 1. The molecule has 0 aliphatic carbocycles. The van der Waals surface area contributed by atoms with Gasteiger partial charge in [0.25, 0.3) is 11.2 Å². The number of aromatic nitrogens is 2. The summed E-state index contributed by atoms with van der Waals surface area (Å²) >= 11 is 1.01. The van der Waals surface area contributed by atoms with E-state index in [1.54, 1.807) is 6.92 Å². The Labute approximate surface area is 206 Å². The molecule has 2 aromatic heterocycles. The Morgan fingerprint density at radius 1 is 1.25 bits per heavy atom. The molecule has 12 heteroatoms. The molecule has 0 aliphatic heterocycles. The number of thiophene rings is 1. The van der Waals surface area contributed by atoms with Crippen molar-refractivity contribution in [2.24, 2.45) is 0 Å². The molecule has 0 bridgehead atoms. The van der Waals surface area contributed by atoms with Crippen LogP contribution in [0.3, 0.4) is 0 Å². The van der Waals surface area contributed by atoms with Crippen molar-refractivity contribution in [1.82, 2.24) is 9.78 Å². The van der Waals surface area contributed by atoms with Gasteiger partial charge in [-0.05, 0) is 48.9 Å². The second kappa shape index (κ2) is 10.3. The maximum Gasteiger partial charge on any atom is 0.359 e. The first-order valence-electron chi connectivity index (χ1n) is 10.5. The average Bonchev–Trinajstić information content (AvgIpc) is 3.27. The number of nitrogens with one attached hydrogen (secondary N) is 1. The molecule has 36 heavy (non-hydrogen) atoms. The fourth-order valence-electron chi connectivity index (χ4n) is 3.31. The maximum absolute atomic E-state index is 13.8. The van der Waals surface area contributed by atoms with Gasteiger partial charge in [0.2, 0.25) is 5.91 Å². The van der Waals surface area contributed by atoms with Crippen molar-refractivity contribution >= 4 is 50.8 Å². The summed E-state index contributed by atoms with van der Waals surface area (Å²) in [5.41, 5.74) is -0.265. The van der Waals surface area contributed by atoms with Crippen molar-refractivity contribution in [3.05, 3.63) is 97.5 Å². The predicted molar refractivity (Wildman–Crippen MR) is 132 cm³/mol. The van der Waals surface area contributed by atoms with E-state index in [-0.39, 0.29) is 39.4 Å². The standard InChI is InChI=1S/C24H17FN4O6S/c1-2-35-24(32)21-18-13-36-22(20(18)23(31)28(27-21)17-5-3-4-15(25)12-17)26-19(30)11-8-14-6-9-16(10-7-14)29(33)34/h3-13H,2H2,1H3,(H,26,30). The first-order valence-corrected chi connectivity index (χ1v) is 11.4. The summed E-state index contributed by atoms with van der Waals surface area (Å²) in [6, 6.07) is 10.7. The minimum Gasteiger partial charge on any atom is -0.461 e. The number of nitrogens with zero attached hydrogens (tertiary/aromatic N) is 3. The van der Waals surface area contributed by atoms with E-state index in [4.69, 9.17) is 4.74 Å². The lowest BCUT2D eigenvalue weighted by Gasteiger charge is -2.09. The Bertz CT molecular complexity index is 1580. The van der Waals surface area contributed by atoms with Gasteiger partial charge >= 0.3 is 5.97 Å². The fraction of sp³-hybridized carbons (Fsp3) is 0.0833. The number of hydrogen-bond acceptors (Lipinski definition) is 8. The molecular weight excluding hydrogens is 491 g/mol. The Kier molecular flexibility index (Phi) is 6.97. The van der Waals surface area contributed by atoms with E-state index in [9.17, 15) is 28.9 Å². The van der Waals surface area contributed by atoms with Crippen LogP contribution in [0.5, 0.6) is 0 Å². The minimum absolute atomic E-state index is 0.0133. The van der Waals surface area contributed by atoms with Crippen LogP contribution in [0, 0.1) is 15.9 Å². The molecule has 0 saturated heterocycles. The largest absolute Gasteiger partial charge is 0.461 e. The normalized spacial score (nSPS) is 11.1. The van der Waals surface area contributed by atoms with Crippen molar-refractivity contribution in [3.63, 3.8) is 0 Å². The number of esters is 1. The van der Waals surface area contributed by atoms with Gasteiger partial charge in [-0.1, -0.05) is 6.07 Å². The third-order valence-corrected chi connectivity index (χ3v) is 5.84. The van der Waals surface area contributed by atoms with Gasteiger partial charge < -0.3 is 10.1 Å². The van der Waals surface area contributed by atoms with Crippen LogP contribution in [0.2, 0.25) is 0 Å². The number of fused-ring (bicyclic) bond motifs is 1. The Balaban J connectivity index is 1.72. The van der Waals surface area contributed by atoms with Gasteiger partial charge in [0, 0.05) is 29.0 Å². The van der Waals surface area contributed by atoms with Crippen LogP contribution in [0.1, 0.15) is 23.0 Å². The third-order valence-electron chi connectivity index (χ3n) is 4.94. The monoisotopic (exact) mass is 508 g/mol. The number of non-ortho nitro benzene ring substituents is 1. The summed E-state index contributed by atoms with van der Waals surface area (Å²) in [6.45, 7) is 1.69. The molecule has 1 N–H and O–H groups in total. The molecule has 10 nitrogen and oxygen atoms in total. The van der Waals surface area contributed by atoms with Crippen molar-refractivity contribution in [3.8, 4) is 5.69 Å². The number of nitro groups is 1. The van der Waals surface area contributed by atoms with Crippen LogP contribution < -0.4 is 10.9 Å². The third kappa shape index (κ3) is 5.03. The molecule has 0 unspecified atom stereocenters. The van der Waals surface area contributed by atoms with E-state index in [0.717, 1.165) is 22.1 Å². The van der Waals surface area contributed by atoms with Crippen molar-refractivity contribution in [2.45, 2.75) is 6.92 Å². The molecule has 4 rings (SSSR count). The second-order valence-electron chi connectivity index (χ2n) is 7.29. The zero-order chi connectivity index (χ0) is 25.8. The number of nitro benzene ring substituents is 1. The number of ether oxygens (including phenoxy) is 1. The molecule has 0 aliphatic rings. The van der Waals surface area contributed by atoms with E-state index >= 15 is 0 Å². The van der Waals surface area contributed by atoms with Gasteiger partial charge in [-0.25, -0.2) is 9.18 Å². The molecule has 0 fully saturated rings. The van der Waals surface area contributed by atoms with Crippen LogP contribution in [-0.4, -0.2) is 33.2 Å². The number of anilines is 1. The Hall–Kier alpha value is -4.71. The molecule has 0 saturated carbocycles. The molecular formula is C24H17FN4O6S. The lowest BCUT2D eigenvalue weighted by atomic mass is 10.2. The van der Waals surface area contributed by atoms with Gasteiger partial charge in [0.1, 0.15) is 10.8 Å². The van der Waals surface area contributed by atoms with Gasteiger partial charge in [-0.3, -0.25) is 19.7 Å². The maximum atomic E-state index is 13.8. The molecule has 0 spiro atoms. The Morgan fingerprint density at radius 3 is 2.67 bits per heavy atom. The van der Waals surface area contributed by atoms with Crippen LogP contribution >= 0.6 is 11.3 Å². The minimum atomic E-state index is -0.776. The summed E-state index contributed by atoms with van der Waals surface area (Å²) in [6.07, 6.45) is 2.65. The van der Waals surface area contributed by atoms with Crippen molar-refractivity contribution in [2.75, 3.05) is 11.9 Å². The number of amides is 1. The van der Waals surface area contributed by atoms with E-state index in [1.807, 2.05) is 0 Å².